The number of nitrogens with zero attached hydrogens (tertiary/aromatic N) is 1. The number of nitrogens with two attached hydrogens (primary N) is 1. The topological polar surface area (TPSA) is 99.6 Å². The summed E-state index contributed by atoms with van der Waals surface area (Å²) in [7, 11) is 1.65. The van der Waals surface area contributed by atoms with Gasteiger partial charge in [0.15, 0.2) is 0 Å². The fourth-order valence-corrected chi connectivity index (χ4v) is 1.56. The summed E-state index contributed by atoms with van der Waals surface area (Å²) >= 11 is 0. The summed E-state index contributed by atoms with van der Waals surface area (Å²) < 4.78 is 10.8. The predicted molar refractivity (Wildman–Crippen MR) is 76.3 cm³/mol. The zero-order valence-corrected chi connectivity index (χ0v) is 12.0. The Kier molecular flexibility index (Phi) is 5.87. The Hall–Kier alpha value is -1.70. The number of nitro groups is 1. The van der Waals surface area contributed by atoms with Crippen LogP contribution in [0, 0.1) is 10.1 Å². The second kappa shape index (κ2) is 7.18. The first kappa shape index (κ1) is 16.4. The second-order valence-electron chi connectivity index (χ2n) is 5.01. The van der Waals surface area contributed by atoms with Crippen molar-refractivity contribution in [2.24, 2.45) is 5.84 Å². The number of hydrogen-bond donors (Lipinski definition) is 2. The Morgan fingerprint density at radius 3 is 2.70 bits per heavy atom. The summed E-state index contributed by atoms with van der Waals surface area (Å²) in [6.45, 7) is 4.68. The van der Waals surface area contributed by atoms with Crippen molar-refractivity contribution in [3.05, 3.63) is 33.9 Å². The molecule has 112 valence electrons. The third kappa shape index (κ3) is 4.76. The molecule has 0 aliphatic rings. The van der Waals surface area contributed by atoms with Crippen molar-refractivity contribution in [1.82, 2.24) is 0 Å². The van der Waals surface area contributed by atoms with E-state index in [9.17, 15) is 10.1 Å². The molecule has 1 aromatic rings. The van der Waals surface area contributed by atoms with Crippen LogP contribution in [0.3, 0.4) is 0 Å². The van der Waals surface area contributed by atoms with Crippen molar-refractivity contribution in [3.8, 4) is 0 Å². The number of anilines is 1. The van der Waals surface area contributed by atoms with Crippen LogP contribution < -0.4 is 11.3 Å². The number of rotatable bonds is 8. The minimum atomic E-state index is -0.447. The Morgan fingerprint density at radius 2 is 2.15 bits per heavy atom. The van der Waals surface area contributed by atoms with E-state index in [0.717, 1.165) is 6.42 Å². The molecule has 0 bridgehead atoms. The molecule has 0 aliphatic carbocycles. The first-order valence-electron chi connectivity index (χ1n) is 6.26. The molecule has 0 saturated carbocycles. The van der Waals surface area contributed by atoms with Gasteiger partial charge < -0.3 is 14.9 Å². The van der Waals surface area contributed by atoms with Crippen LogP contribution in [0.4, 0.5) is 11.4 Å². The van der Waals surface area contributed by atoms with Crippen molar-refractivity contribution < 1.29 is 14.4 Å². The molecule has 0 atom stereocenters. The van der Waals surface area contributed by atoms with Gasteiger partial charge in [0, 0.05) is 31.4 Å². The van der Waals surface area contributed by atoms with Gasteiger partial charge in [-0.3, -0.25) is 16.0 Å². The summed E-state index contributed by atoms with van der Waals surface area (Å²) in [5.41, 5.74) is 3.53. The van der Waals surface area contributed by atoms with Gasteiger partial charge in [-0.25, -0.2) is 0 Å². The summed E-state index contributed by atoms with van der Waals surface area (Å²) in [6.07, 6.45) is 0.726. The number of hydrazine groups is 1. The number of methoxy groups -OCH3 is 1. The van der Waals surface area contributed by atoms with Crippen LogP contribution in [0.15, 0.2) is 18.2 Å². The fraction of sp³-hybridized carbons (Fsp3) is 0.538. The highest BCUT2D eigenvalue weighted by Crippen LogP contribution is 2.22. The minimum Gasteiger partial charge on any atom is -0.379 e. The van der Waals surface area contributed by atoms with E-state index >= 15 is 0 Å². The second-order valence-corrected chi connectivity index (χ2v) is 5.01. The largest absolute Gasteiger partial charge is 0.379 e. The number of nitro benzene ring substituents is 1. The van der Waals surface area contributed by atoms with Gasteiger partial charge in [0.25, 0.3) is 5.69 Å². The Balaban J connectivity index is 2.62. The molecule has 0 aliphatic heterocycles. The maximum atomic E-state index is 10.7. The van der Waals surface area contributed by atoms with E-state index in [1.165, 1.54) is 12.1 Å². The zero-order chi connectivity index (χ0) is 15.2. The van der Waals surface area contributed by atoms with Gasteiger partial charge in [-0.2, -0.15) is 0 Å². The molecule has 0 amide bonds. The predicted octanol–water partition coefficient (Wildman–Crippen LogP) is 2.21. The van der Waals surface area contributed by atoms with E-state index in [2.05, 4.69) is 5.43 Å². The maximum Gasteiger partial charge on any atom is 0.269 e. The molecular weight excluding hydrogens is 262 g/mol. The van der Waals surface area contributed by atoms with E-state index < -0.39 is 4.92 Å². The number of benzene rings is 1. The highest BCUT2D eigenvalue weighted by atomic mass is 16.6. The Morgan fingerprint density at radius 1 is 1.45 bits per heavy atom. The molecule has 0 saturated heterocycles. The highest BCUT2D eigenvalue weighted by molar-refractivity contribution is 5.55. The number of ether oxygens (including phenoxy) is 2. The summed E-state index contributed by atoms with van der Waals surface area (Å²) in [5.74, 6) is 5.38. The van der Waals surface area contributed by atoms with Gasteiger partial charge >= 0.3 is 0 Å². The number of nitrogen functional groups attached to an aromatic ring is 1. The average molecular weight is 283 g/mol. The molecule has 20 heavy (non-hydrogen) atoms. The molecule has 0 spiro atoms. The zero-order valence-electron chi connectivity index (χ0n) is 12.0. The number of non-ortho nitro benzene ring substituents is 1. The van der Waals surface area contributed by atoms with Gasteiger partial charge in [-0.1, -0.05) is 0 Å². The number of hydrogen-bond acceptors (Lipinski definition) is 6. The molecule has 0 heterocycles. The average Bonchev–Trinajstić information content (AvgIpc) is 2.43. The van der Waals surface area contributed by atoms with Crippen LogP contribution in [0.2, 0.25) is 0 Å². The molecule has 0 unspecified atom stereocenters. The van der Waals surface area contributed by atoms with Crippen molar-refractivity contribution in [3.63, 3.8) is 0 Å². The van der Waals surface area contributed by atoms with Crippen LogP contribution in [0.25, 0.3) is 0 Å². The fourth-order valence-electron chi connectivity index (χ4n) is 1.56. The molecule has 7 heteroatoms. The van der Waals surface area contributed by atoms with Crippen LogP contribution in [-0.2, 0) is 16.1 Å². The van der Waals surface area contributed by atoms with Crippen LogP contribution in [-0.4, -0.2) is 24.2 Å². The van der Waals surface area contributed by atoms with Crippen molar-refractivity contribution >= 4 is 11.4 Å². The van der Waals surface area contributed by atoms with E-state index in [1.54, 1.807) is 13.2 Å². The molecule has 1 aromatic carbocycles. The van der Waals surface area contributed by atoms with Crippen LogP contribution in [0.5, 0.6) is 0 Å². The molecule has 3 N–H and O–H groups in total. The van der Waals surface area contributed by atoms with Crippen LogP contribution >= 0.6 is 0 Å². The quantitative estimate of drug-likeness (QED) is 0.328. The minimum absolute atomic E-state index is 0.0137. The van der Waals surface area contributed by atoms with E-state index in [1.807, 2.05) is 13.8 Å². The maximum absolute atomic E-state index is 10.7. The third-order valence-electron chi connectivity index (χ3n) is 3.11. The molecule has 1 rings (SSSR count). The van der Waals surface area contributed by atoms with Gasteiger partial charge in [0.1, 0.15) is 0 Å². The third-order valence-corrected chi connectivity index (χ3v) is 3.11. The SMILES string of the molecule is COC(C)(C)CCOCc1cc([N+](=O)[O-])ccc1NN. The number of nitrogens with one attached hydrogen (secondary N) is 1. The Labute approximate surface area is 118 Å². The van der Waals surface area contributed by atoms with Gasteiger partial charge in [-0.05, 0) is 26.3 Å². The first-order chi connectivity index (χ1) is 9.39. The summed E-state index contributed by atoms with van der Waals surface area (Å²) in [4.78, 5) is 10.3. The molecule has 0 fully saturated rings. The highest BCUT2D eigenvalue weighted by Gasteiger charge is 2.16. The lowest BCUT2D eigenvalue weighted by molar-refractivity contribution is -0.384. The van der Waals surface area contributed by atoms with Gasteiger partial charge in [-0.15, -0.1) is 0 Å². The standard InChI is InChI=1S/C13H21N3O4/c1-13(2,19-3)6-7-20-9-10-8-11(16(17)18)4-5-12(10)15-14/h4-5,8,15H,6-7,9,14H2,1-3H3. The summed E-state index contributed by atoms with van der Waals surface area (Å²) in [5, 5.41) is 10.7. The lowest BCUT2D eigenvalue weighted by atomic mass is 10.1. The molecule has 7 nitrogen and oxygen atoms in total. The molecular formula is C13H21N3O4. The first-order valence-corrected chi connectivity index (χ1v) is 6.26. The smallest absolute Gasteiger partial charge is 0.269 e. The summed E-state index contributed by atoms with van der Waals surface area (Å²) in [6, 6.07) is 4.42. The lowest BCUT2D eigenvalue weighted by Gasteiger charge is -2.22. The van der Waals surface area contributed by atoms with Crippen molar-refractivity contribution in [1.29, 1.82) is 0 Å². The lowest BCUT2D eigenvalue weighted by Crippen LogP contribution is -2.24. The van der Waals surface area contributed by atoms with Gasteiger partial charge in [0.2, 0.25) is 0 Å². The normalized spacial score (nSPS) is 11.4. The molecule has 0 aromatic heterocycles. The van der Waals surface area contributed by atoms with Crippen LogP contribution in [0.1, 0.15) is 25.8 Å². The van der Waals surface area contributed by atoms with E-state index in [-0.39, 0.29) is 17.9 Å². The van der Waals surface area contributed by atoms with E-state index in [0.29, 0.717) is 17.9 Å². The molecule has 0 radical (unpaired) electrons. The Bertz CT molecular complexity index is 463. The van der Waals surface area contributed by atoms with E-state index in [4.69, 9.17) is 15.3 Å². The van der Waals surface area contributed by atoms with Crippen molar-refractivity contribution in [2.75, 3.05) is 19.1 Å². The van der Waals surface area contributed by atoms with Gasteiger partial charge in [0.05, 0.1) is 22.8 Å². The monoisotopic (exact) mass is 283 g/mol. The van der Waals surface area contributed by atoms with Crippen molar-refractivity contribution in [2.45, 2.75) is 32.5 Å².